The number of rotatable bonds is 5. The topological polar surface area (TPSA) is 74.6 Å². The van der Waals surface area contributed by atoms with E-state index in [9.17, 15) is 4.79 Å². The number of ether oxygens (including phenoxy) is 2. The number of alkyl carbamates (subject to hydrolysis) is 1. The van der Waals surface area contributed by atoms with Gasteiger partial charge in [0.1, 0.15) is 12.4 Å². The highest BCUT2D eigenvalue weighted by Crippen LogP contribution is 2.13. The molecular formula is C15H19N3O3. The van der Waals surface area contributed by atoms with E-state index in [4.69, 9.17) is 10.00 Å². The van der Waals surface area contributed by atoms with Crippen molar-refractivity contribution in [1.82, 2.24) is 10.2 Å². The number of hydrogen-bond acceptors (Lipinski definition) is 5. The standard InChI is InChI=1S/C15H19N3O3/c1-20-15(19)17-13-6-7-18(11-13)8-9-21-14-4-2-12(10-16)3-5-14/h2-5,13H,6-9,11H2,1H3,(H,17,19). The Morgan fingerprint density at radius 3 is 2.90 bits per heavy atom. The van der Waals surface area contributed by atoms with Gasteiger partial charge < -0.3 is 14.8 Å². The van der Waals surface area contributed by atoms with Crippen LogP contribution in [0.2, 0.25) is 0 Å². The van der Waals surface area contributed by atoms with Gasteiger partial charge in [-0.25, -0.2) is 4.79 Å². The number of amides is 1. The van der Waals surface area contributed by atoms with Crippen LogP contribution in [0.25, 0.3) is 0 Å². The predicted octanol–water partition coefficient (Wildman–Crippen LogP) is 1.37. The highest BCUT2D eigenvalue weighted by molar-refractivity contribution is 5.67. The third-order valence-electron chi connectivity index (χ3n) is 3.44. The number of benzene rings is 1. The Kier molecular flexibility index (Phi) is 5.41. The van der Waals surface area contributed by atoms with Crippen LogP contribution < -0.4 is 10.1 Å². The molecule has 0 aliphatic carbocycles. The second kappa shape index (κ2) is 7.50. The summed E-state index contributed by atoms with van der Waals surface area (Å²) in [6, 6.07) is 9.28. The van der Waals surface area contributed by atoms with Crippen molar-refractivity contribution >= 4 is 6.09 Å². The van der Waals surface area contributed by atoms with Gasteiger partial charge in [-0.2, -0.15) is 5.26 Å². The van der Waals surface area contributed by atoms with E-state index in [0.717, 1.165) is 31.8 Å². The first kappa shape index (κ1) is 15.1. The summed E-state index contributed by atoms with van der Waals surface area (Å²) in [7, 11) is 1.37. The highest BCUT2D eigenvalue weighted by atomic mass is 16.5. The summed E-state index contributed by atoms with van der Waals surface area (Å²) < 4.78 is 10.2. The van der Waals surface area contributed by atoms with Gasteiger partial charge in [0.15, 0.2) is 0 Å². The Morgan fingerprint density at radius 1 is 1.48 bits per heavy atom. The van der Waals surface area contributed by atoms with E-state index in [-0.39, 0.29) is 12.1 Å². The normalized spacial score (nSPS) is 18.0. The van der Waals surface area contributed by atoms with Gasteiger partial charge in [0.25, 0.3) is 0 Å². The number of methoxy groups -OCH3 is 1. The van der Waals surface area contributed by atoms with Crippen molar-refractivity contribution < 1.29 is 14.3 Å². The minimum Gasteiger partial charge on any atom is -0.492 e. The molecule has 21 heavy (non-hydrogen) atoms. The molecule has 0 saturated carbocycles. The van der Waals surface area contributed by atoms with Crippen LogP contribution in [0.1, 0.15) is 12.0 Å². The van der Waals surface area contributed by atoms with Crippen molar-refractivity contribution in [2.45, 2.75) is 12.5 Å². The maximum Gasteiger partial charge on any atom is 0.407 e. The molecule has 6 heteroatoms. The van der Waals surface area contributed by atoms with Crippen molar-refractivity contribution in [3.05, 3.63) is 29.8 Å². The van der Waals surface area contributed by atoms with E-state index in [1.54, 1.807) is 24.3 Å². The number of carbonyl (C=O) groups is 1. The van der Waals surface area contributed by atoms with Gasteiger partial charge in [0.2, 0.25) is 0 Å². The van der Waals surface area contributed by atoms with E-state index in [0.29, 0.717) is 12.2 Å². The second-order valence-corrected chi connectivity index (χ2v) is 4.91. The second-order valence-electron chi connectivity index (χ2n) is 4.91. The van der Waals surface area contributed by atoms with E-state index in [2.05, 4.69) is 21.0 Å². The Bertz CT molecular complexity index is 510. The molecule has 1 saturated heterocycles. The first-order valence-corrected chi connectivity index (χ1v) is 6.91. The maximum absolute atomic E-state index is 11.1. The summed E-state index contributed by atoms with van der Waals surface area (Å²) in [4.78, 5) is 13.4. The summed E-state index contributed by atoms with van der Waals surface area (Å²) in [5.41, 5.74) is 0.624. The summed E-state index contributed by atoms with van der Waals surface area (Å²) in [5.74, 6) is 0.762. The van der Waals surface area contributed by atoms with Crippen molar-refractivity contribution in [1.29, 1.82) is 5.26 Å². The predicted molar refractivity (Wildman–Crippen MR) is 77.0 cm³/mol. The molecule has 1 unspecified atom stereocenters. The van der Waals surface area contributed by atoms with Gasteiger partial charge >= 0.3 is 6.09 Å². The SMILES string of the molecule is COC(=O)NC1CCN(CCOc2ccc(C#N)cc2)C1. The fraction of sp³-hybridized carbons (Fsp3) is 0.467. The lowest BCUT2D eigenvalue weighted by atomic mass is 10.2. The molecule has 1 N–H and O–H groups in total. The third-order valence-corrected chi connectivity index (χ3v) is 3.44. The van der Waals surface area contributed by atoms with Gasteiger partial charge in [-0.3, -0.25) is 4.90 Å². The largest absolute Gasteiger partial charge is 0.492 e. The van der Waals surface area contributed by atoms with E-state index >= 15 is 0 Å². The number of carbonyl (C=O) groups excluding carboxylic acids is 1. The third kappa shape index (κ3) is 4.65. The summed E-state index contributed by atoms with van der Waals surface area (Å²) in [5, 5.41) is 11.5. The quantitative estimate of drug-likeness (QED) is 0.886. The van der Waals surface area contributed by atoms with Gasteiger partial charge in [-0.05, 0) is 30.7 Å². The minimum atomic E-state index is -0.379. The molecule has 1 aliphatic rings. The summed E-state index contributed by atoms with van der Waals surface area (Å²) >= 11 is 0. The molecule has 1 aromatic rings. The fourth-order valence-electron chi connectivity index (χ4n) is 2.30. The minimum absolute atomic E-state index is 0.146. The number of hydrogen-bond donors (Lipinski definition) is 1. The molecule has 1 fully saturated rings. The molecule has 1 aromatic carbocycles. The molecule has 0 spiro atoms. The Labute approximate surface area is 124 Å². The molecule has 0 bridgehead atoms. The number of nitrogens with one attached hydrogen (secondary N) is 1. The zero-order valence-electron chi connectivity index (χ0n) is 12.0. The van der Waals surface area contributed by atoms with Crippen LogP contribution >= 0.6 is 0 Å². The van der Waals surface area contributed by atoms with E-state index < -0.39 is 0 Å². The van der Waals surface area contributed by atoms with Crippen molar-refractivity contribution in [3.8, 4) is 11.8 Å². The number of nitriles is 1. The molecule has 1 atom stereocenters. The van der Waals surface area contributed by atoms with Crippen LogP contribution in [0.3, 0.4) is 0 Å². The molecule has 2 rings (SSSR count). The average molecular weight is 289 g/mol. The van der Waals surface area contributed by atoms with Gasteiger partial charge in [-0.15, -0.1) is 0 Å². The van der Waals surface area contributed by atoms with Crippen LogP contribution in [-0.4, -0.2) is 50.4 Å². The van der Waals surface area contributed by atoms with Crippen LogP contribution in [0.5, 0.6) is 5.75 Å². The molecule has 0 radical (unpaired) electrons. The number of nitrogens with zero attached hydrogens (tertiary/aromatic N) is 2. The fourth-order valence-corrected chi connectivity index (χ4v) is 2.30. The summed E-state index contributed by atoms with van der Waals surface area (Å²) in [6.45, 7) is 3.13. The molecule has 0 aromatic heterocycles. The zero-order chi connectivity index (χ0) is 15.1. The van der Waals surface area contributed by atoms with Gasteiger partial charge in [0, 0.05) is 25.7 Å². The first-order chi connectivity index (χ1) is 10.2. The molecule has 112 valence electrons. The van der Waals surface area contributed by atoms with Crippen LogP contribution in [0.4, 0.5) is 4.79 Å². The molecule has 1 aliphatic heterocycles. The zero-order valence-corrected chi connectivity index (χ0v) is 12.0. The van der Waals surface area contributed by atoms with E-state index in [1.165, 1.54) is 7.11 Å². The molecular weight excluding hydrogens is 270 g/mol. The van der Waals surface area contributed by atoms with Gasteiger partial charge in [-0.1, -0.05) is 0 Å². The van der Waals surface area contributed by atoms with Crippen molar-refractivity contribution in [2.24, 2.45) is 0 Å². The van der Waals surface area contributed by atoms with Crippen molar-refractivity contribution in [2.75, 3.05) is 33.4 Å². The lowest BCUT2D eigenvalue weighted by Crippen LogP contribution is -2.37. The van der Waals surface area contributed by atoms with E-state index in [1.807, 2.05) is 0 Å². The smallest absolute Gasteiger partial charge is 0.407 e. The summed E-state index contributed by atoms with van der Waals surface area (Å²) in [6.07, 6.45) is 0.544. The lowest BCUT2D eigenvalue weighted by molar-refractivity contribution is 0.166. The van der Waals surface area contributed by atoms with Crippen LogP contribution in [-0.2, 0) is 4.74 Å². The first-order valence-electron chi connectivity index (χ1n) is 6.91. The Morgan fingerprint density at radius 2 is 2.24 bits per heavy atom. The Hall–Kier alpha value is -2.26. The van der Waals surface area contributed by atoms with Crippen molar-refractivity contribution in [3.63, 3.8) is 0 Å². The van der Waals surface area contributed by atoms with Gasteiger partial charge in [0.05, 0.1) is 18.7 Å². The molecule has 1 heterocycles. The highest BCUT2D eigenvalue weighted by Gasteiger charge is 2.23. The maximum atomic E-state index is 11.1. The lowest BCUT2D eigenvalue weighted by Gasteiger charge is -2.16. The average Bonchev–Trinajstić information content (AvgIpc) is 2.95. The van der Waals surface area contributed by atoms with Crippen LogP contribution in [0.15, 0.2) is 24.3 Å². The van der Waals surface area contributed by atoms with Crippen LogP contribution in [0, 0.1) is 11.3 Å². The Balaban J connectivity index is 1.67. The number of likely N-dealkylation sites (tertiary alicyclic amines) is 1. The molecule has 6 nitrogen and oxygen atoms in total. The monoisotopic (exact) mass is 289 g/mol. The molecule has 1 amide bonds.